The molecule has 0 radical (unpaired) electrons. The van der Waals surface area contributed by atoms with Crippen LogP contribution in [0.25, 0.3) is 11.4 Å². The number of halogens is 1. The Bertz CT molecular complexity index is 565. The minimum Gasteiger partial charge on any atom is -0.382 e. The summed E-state index contributed by atoms with van der Waals surface area (Å²) in [6.45, 7) is 0. The Kier molecular flexibility index (Phi) is 2.68. The fourth-order valence-corrected chi connectivity index (χ4v) is 1.36. The summed E-state index contributed by atoms with van der Waals surface area (Å²) in [6.07, 6.45) is 1.42. The van der Waals surface area contributed by atoms with Crippen LogP contribution in [-0.2, 0) is 0 Å². The molecule has 2 aromatic rings. The molecule has 2 N–H and O–H groups in total. The zero-order chi connectivity index (χ0) is 11.5. The molecule has 1 aromatic heterocycles. The van der Waals surface area contributed by atoms with Gasteiger partial charge in [-0.05, 0) is 12.1 Å². The first kappa shape index (κ1) is 10.4. The minimum absolute atomic E-state index is 0.281. The monoisotopic (exact) mass is 219 g/mol. The second-order valence-corrected chi connectivity index (χ2v) is 3.23. The number of hydrogen-bond acceptors (Lipinski definition) is 3. The second kappa shape index (κ2) is 4.14. The van der Waals surface area contributed by atoms with E-state index in [1.807, 2.05) is 0 Å². The van der Waals surface area contributed by atoms with Crippen LogP contribution in [0.3, 0.4) is 0 Å². The molecule has 0 saturated heterocycles. The van der Waals surface area contributed by atoms with E-state index in [2.05, 4.69) is 15.3 Å². The Balaban J connectivity index is 2.49. The normalized spacial score (nSPS) is 10.1. The predicted molar refractivity (Wildman–Crippen MR) is 59.8 cm³/mol. The van der Waals surface area contributed by atoms with Gasteiger partial charge in [0.1, 0.15) is 17.3 Å². The van der Waals surface area contributed by atoms with Gasteiger partial charge in [0, 0.05) is 12.6 Å². The highest BCUT2D eigenvalue weighted by Crippen LogP contribution is 2.14. The van der Waals surface area contributed by atoms with Crippen molar-refractivity contribution in [2.75, 3.05) is 12.4 Å². The molecule has 5 heteroatoms. The SMILES string of the molecule is CNc1cnc(-c2cccc(F)c2)[nH]c1=O. The highest BCUT2D eigenvalue weighted by atomic mass is 19.1. The molecule has 0 bridgehead atoms. The molecule has 82 valence electrons. The van der Waals surface area contributed by atoms with Crippen LogP contribution in [0.5, 0.6) is 0 Å². The van der Waals surface area contributed by atoms with Crippen molar-refractivity contribution in [3.05, 3.63) is 46.6 Å². The van der Waals surface area contributed by atoms with Gasteiger partial charge in [-0.15, -0.1) is 0 Å². The summed E-state index contributed by atoms with van der Waals surface area (Å²) in [5.41, 5.74) is 0.636. The van der Waals surface area contributed by atoms with Crippen LogP contribution in [0, 0.1) is 5.82 Å². The van der Waals surface area contributed by atoms with Crippen molar-refractivity contribution in [3.63, 3.8) is 0 Å². The lowest BCUT2D eigenvalue weighted by atomic mass is 10.2. The van der Waals surface area contributed by atoms with Crippen LogP contribution >= 0.6 is 0 Å². The Hall–Kier alpha value is -2.17. The van der Waals surface area contributed by atoms with Gasteiger partial charge in [0.15, 0.2) is 0 Å². The van der Waals surface area contributed by atoms with Gasteiger partial charge >= 0.3 is 0 Å². The van der Waals surface area contributed by atoms with E-state index in [0.717, 1.165) is 0 Å². The number of H-pyrrole nitrogens is 1. The van der Waals surface area contributed by atoms with Crippen molar-refractivity contribution in [2.24, 2.45) is 0 Å². The third kappa shape index (κ3) is 1.93. The summed E-state index contributed by atoms with van der Waals surface area (Å²) < 4.78 is 13.0. The van der Waals surface area contributed by atoms with Crippen LogP contribution in [0.15, 0.2) is 35.3 Å². The first-order valence-corrected chi connectivity index (χ1v) is 4.73. The van der Waals surface area contributed by atoms with E-state index in [4.69, 9.17) is 0 Å². The first-order chi connectivity index (χ1) is 7.70. The van der Waals surface area contributed by atoms with Gasteiger partial charge in [0.2, 0.25) is 0 Å². The highest BCUT2D eigenvalue weighted by molar-refractivity contribution is 5.55. The molecular formula is C11H10FN3O. The molecular weight excluding hydrogens is 209 g/mol. The summed E-state index contributed by atoms with van der Waals surface area (Å²) in [5.74, 6) is -0.0126. The molecule has 2 rings (SSSR count). The Morgan fingerprint density at radius 3 is 2.88 bits per heavy atom. The fraction of sp³-hybridized carbons (Fsp3) is 0.0909. The smallest absolute Gasteiger partial charge is 0.274 e. The molecule has 1 heterocycles. The number of benzene rings is 1. The molecule has 1 aromatic carbocycles. The number of nitrogens with zero attached hydrogens (tertiary/aromatic N) is 1. The number of nitrogens with one attached hydrogen (secondary N) is 2. The third-order valence-electron chi connectivity index (χ3n) is 2.17. The van der Waals surface area contributed by atoms with Gasteiger partial charge in [-0.2, -0.15) is 0 Å². The number of anilines is 1. The van der Waals surface area contributed by atoms with Crippen LogP contribution in [0.2, 0.25) is 0 Å². The van der Waals surface area contributed by atoms with Gasteiger partial charge < -0.3 is 10.3 Å². The number of aromatic nitrogens is 2. The topological polar surface area (TPSA) is 57.8 Å². The molecule has 0 unspecified atom stereocenters. The summed E-state index contributed by atoms with van der Waals surface area (Å²) in [4.78, 5) is 18.1. The van der Waals surface area contributed by atoms with E-state index in [-0.39, 0.29) is 11.4 Å². The average Bonchev–Trinajstić information content (AvgIpc) is 2.29. The Labute approximate surface area is 91.2 Å². The van der Waals surface area contributed by atoms with Gasteiger partial charge in [-0.1, -0.05) is 12.1 Å². The number of hydrogen-bond donors (Lipinski definition) is 2. The summed E-state index contributed by atoms with van der Waals surface area (Å²) in [6, 6.07) is 5.90. The van der Waals surface area contributed by atoms with Gasteiger partial charge in [-0.25, -0.2) is 9.37 Å². The van der Waals surface area contributed by atoms with Crippen molar-refractivity contribution in [2.45, 2.75) is 0 Å². The van der Waals surface area contributed by atoms with E-state index in [9.17, 15) is 9.18 Å². The lowest BCUT2D eigenvalue weighted by Gasteiger charge is -2.02. The van der Waals surface area contributed by atoms with E-state index in [1.54, 1.807) is 19.2 Å². The standard InChI is InChI=1S/C11H10FN3O/c1-13-9-6-14-10(15-11(9)16)7-3-2-4-8(12)5-7/h2-6,13H,1H3,(H,14,15,16). The van der Waals surface area contributed by atoms with E-state index < -0.39 is 0 Å². The highest BCUT2D eigenvalue weighted by Gasteiger charge is 2.03. The molecule has 4 nitrogen and oxygen atoms in total. The summed E-state index contributed by atoms with van der Waals surface area (Å²) >= 11 is 0. The maximum Gasteiger partial charge on any atom is 0.274 e. The van der Waals surface area contributed by atoms with Crippen molar-refractivity contribution in [1.29, 1.82) is 0 Å². The van der Waals surface area contributed by atoms with Gasteiger partial charge in [-0.3, -0.25) is 4.79 Å². The zero-order valence-corrected chi connectivity index (χ0v) is 8.62. The molecule has 0 spiro atoms. The van der Waals surface area contributed by atoms with Crippen molar-refractivity contribution < 1.29 is 4.39 Å². The molecule has 0 aliphatic heterocycles. The lowest BCUT2D eigenvalue weighted by molar-refractivity contribution is 0.628. The zero-order valence-electron chi connectivity index (χ0n) is 8.62. The van der Waals surface area contributed by atoms with Crippen LogP contribution < -0.4 is 10.9 Å². The van der Waals surface area contributed by atoms with E-state index in [0.29, 0.717) is 17.1 Å². The third-order valence-corrected chi connectivity index (χ3v) is 2.17. The Morgan fingerprint density at radius 2 is 2.25 bits per heavy atom. The van der Waals surface area contributed by atoms with E-state index >= 15 is 0 Å². The minimum atomic E-state index is -0.363. The predicted octanol–water partition coefficient (Wildman–Crippen LogP) is 1.62. The molecule has 0 fully saturated rings. The van der Waals surface area contributed by atoms with Gasteiger partial charge in [0.05, 0.1) is 6.20 Å². The summed E-state index contributed by atoms with van der Waals surface area (Å²) in [5, 5.41) is 2.70. The van der Waals surface area contributed by atoms with Crippen LogP contribution in [0.4, 0.5) is 10.1 Å². The van der Waals surface area contributed by atoms with E-state index in [1.165, 1.54) is 18.3 Å². The van der Waals surface area contributed by atoms with Crippen LogP contribution in [-0.4, -0.2) is 17.0 Å². The molecule has 16 heavy (non-hydrogen) atoms. The summed E-state index contributed by atoms with van der Waals surface area (Å²) in [7, 11) is 1.63. The lowest BCUT2D eigenvalue weighted by Crippen LogP contribution is -2.13. The molecule has 0 amide bonds. The quantitative estimate of drug-likeness (QED) is 0.806. The maximum atomic E-state index is 13.0. The first-order valence-electron chi connectivity index (χ1n) is 4.73. The Morgan fingerprint density at radius 1 is 1.44 bits per heavy atom. The van der Waals surface area contributed by atoms with Crippen LogP contribution in [0.1, 0.15) is 0 Å². The average molecular weight is 219 g/mol. The largest absolute Gasteiger partial charge is 0.382 e. The molecule has 0 saturated carbocycles. The van der Waals surface area contributed by atoms with Crippen molar-refractivity contribution in [1.82, 2.24) is 9.97 Å². The molecule has 0 atom stereocenters. The van der Waals surface area contributed by atoms with Crippen molar-refractivity contribution >= 4 is 5.69 Å². The molecule has 0 aliphatic rings. The molecule has 0 aliphatic carbocycles. The maximum absolute atomic E-state index is 13.0. The fourth-order valence-electron chi connectivity index (χ4n) is 1.36. The van der Waals surface area contributed by atoms with Gasteiger partial charge in [0.25, 0.3) is 5.56 Å². The number of aromatic amines is 1. The van der Waals surface area contributed by atoms with Crippen molar-refractivity contribution in [3.8, 4) is 11.4 Å². The number of rotatable bonds is 2. The second-order valence-electron chi connectivity index (χ2n) is 3.23.